The van der Waals surface area contributed by atoms with E-state index in [0.29, 0.717) is 6.92 Å². The number of benzene rings is 1. The molecule has 1 aromatic rings. The molecule has 0 aliphatic rings. The summed E-state index contributed by atoms with van der Waals surface area (Å²) in [5.74, 6) is -4.34. The number of aromatic carboxylic acids is 1. The lowest BCUT2D eigenvalue weighted by Gasteiger charge is -2.13. The van der Waals surface area contributed by atoms with Crippen LogP contribution in [0.2, 0.25) is 5.02 Å². The maximum atomic E-state index is 12.7. The van der Waals surface area contributed by atoms with E-state index in [1.807, 2.05) is 4.72 Å². The summed E-state index contributed by atoms with van der Waals surface area (Å²) in [7, 11) is -4.12. The molecule has 0 spiro atoms. The van der Waals surface area contributed by atoms with Crippen LogP contribution in [0.25, 0.3) is 0 Å². The first kappa shape index (κ1) is 17.8. The molecule has 0 aromatic heterocycles. The molecule has 0 heterocycles. The van der Waals surface area contributed by atoms with Gasteiger partial charge in [0.2, 0.25) is 15.9 Å². The lowest BCUT2D eigenvalue weighted by Crippen LogP contribution is -2.29. The number of sulfonamides is 1. The number of carbonyl (C=O) groups is 1. The van der Waals surface area contributed by atoms with Gasteiger partial charge in [0.1, 0.15) is 0 Å². The molecule has 0 saturated heterocycles. The third-order valence-corrected chi connectivity index (χ3v) is 4.67. The molecule has 1 aromatic carbocycles. The Morgan fingerprint density at radius 2 is 2.00 bits per heavy atom. The van der Waals surface area contributed by atoms with E-state index in [9.17, 15) is 22.0 Å². The summed E-state index contributed by atoms with van der Waals surface area (Å²) in [6.45, 7) is 1.60. The van der Waals surface area contributed by atoms with Crippen molar-refractivity contribution in [2.24, 2.45) is 0 Å². The van der Waals surface area contributed by atoms with E-state index in [1.165, 1.54) is 6.92 Å². The molecule has 0 amide bonds. The second-order valence-corrected chi connectivity index (χ2v) is 6.75. The highest BCUT2D eigenvalue weighted by Crippen LogP contribution is 2.25. The molecule has 0 saturated carbocycles. The summed E-state index contributed by atoms with van der Waals surface area (Å²) < 4.78 is 51.5. The fraction of sp³-hybridized carbons (Fsp3) is 0.417. The van der Waals surface area contributed by atoms with Crippen molar-refractivity contribution in [1.29, 1.82) is 0 Å². The number of halogens is 3. The number of hydrogen-bond donors (Lipinski definition) is 2. The fourth-order valence-electron chi connectivity index (χ4n) is 1.54. The molecule has 0 fully saturated rings. The van der Waals surface area contributed by atoms with Crippen molar-refractivity contribution in [3.05, 3.63) is 28.3 Å². The molecular weight excluding hydrogens is 328 g/mol. The first-order valence-electron chi connectivity index (χ1n) is 5.85. The third-order valence-electron chi connectivity index (χ3n) is 2.69. The molecule has 5 nitrogen and oxygen atoms in total. The number of carboxylic acids is 1. The second-order valence-electron chi connectivity index (χ2n) is 4.60. The van der Waals surface area contributed by atoms with Gasteiger partial charge in [0, 0.05) is 18.0 Å². The van der Waals surface area contributed by atoms with Crippen molar-refractivity contribution in [3.8, 4) is 0 Å². The van der Waals surface area contributed by atoms with Crippen molar-refractivity contribution in [1.82, 2.24) is 4.72 Å². The quantitative estimate of drug-likeness (QED) is 0.833. The Kier molecular flexibility index (Phi) is 5.30. The standard InChI is InChI=1S/C12H14ClF2NO4S/c1-7-9(13)5-8(11(17)18)6-10(7)21(19,20)16-4-3-12(2,14)15/h5-6,16H,3-4H2,1-2H3,(H,17,18). The lowest BCUT2D eigenvalue weighted by molar-refractivity contribution is 0.0148. The Morgan fingerprint density at radius 3 is 2.48 bits per heavy atom. The van der Waals surface area contributed by atoms with Crippen LogP contribution in [-0.2, 0) is 10.0 Å². The molecule has 0 radical (unpaired) electrons. The van der Waals surface area contributed by atoms with Crippen LogP contribution in [-0.4, -0.2) is 32.0 Å². The first-order valence-corrected chi connectivity index (χ1v) is 7.71. The number of nitrogens with one attached hydrogen (secondary N) is 1. The first-order chi connectivity index (χ1) is 9.44. The Hall–Kier alpha value is -1.25. The van der Waals surface area contributed by atoms with Gasteiger partial charge < -0.3 is 5.11 Å². The summed E-state index contributed by atoms with van der Waals surface area (Å²) in [6, 6.07) is 2.06. The van der Waals surface area contributed by atoms with E-state index in [4.69, 9.17) is 16.7 Å². The van der Waals surface area contributed by atoms with Crippen molar-refractivity contribution < 1.29 is 27.1 Å². The maximum Gasteiger partial charge on any atom is 0.335 e. The van der Waals surface area contributed by atoms with E-state index in [-0.39, 0.29) is 21.0 Å². The van der Waals surface area contributed by atoms with E-state index < -0.39 is 34.9 Å². The topological polar surface area (TPSA) is 83.5 Å². The number of hydrogen-bond acceptors (Lipinski definition) is 3. The molecule has 1 rings (SSSR count). The Labute approximate surface area is 126 Å². The minimum Gasteiger partial charge on any atom is -0.478 e. The largest absolute Gasteiger partial charge is 0.478 e. The highest BCUT2D eigenvalue weighted by molar-refractivity contribution is 7.89. The predicted molar refractivity (Wildman–Crippen MR) is 73.6 cm³/mol. The Morgan fingerprint density at radius 1 is 1.43 bits per heavy atom. The smallest absolute Gasteiger partial charge is 0.335 e. The summed E-state index contributed by atoms with van der Waals surface area (Å²) >= 11 is 5.80. The molecule has 0 unspecified atom stereocenters. The van der Waals surface area contributed by atoms with E-state index in [2.05, 4.69) is 0 Å². The van der Waals surface area contributed by atoms with Crippen molar-refractivity contribution in [2.45, 2.75) is 31.1 Å². The zero-order chi connectivity index (χ0) is 16.4. The molecule has 0 aliphatic carbocycles. The number of alkyl halides is 2. The lowest BCUT2D eigenvalue weighted by atomic mass is 10.1. The molecule has 0 atom stereocenters. The van der Waals surface area contributed by atoms with Gasteiger partial charge in [0.25, 0.3) is 0 Å². The van der Waals surface area contributed by atoms with Crippen LogP contribution >= 0.6 is 11.6 Å². The average molecular weight is 342 g/mol. The highest BCUT2D eigenvalue weighted by atomic mass is 35.5. The van der Waals surface area contributed by atoms with Gasteiger partial charge in [0.05, 0.1) is 10.5 Å². The van der Waals surface area contributed by atoms with Gasteiger partial charge in [-0.2, -0.15) is 0 Å². The van der Waals surface area contributed by atoms with Gasteiger partial charge in [0.15, 0.2) is 0 Å². The Balaban J connectivity index is 3.11. The molecule has 9 heteroatoms. The summed E-state index contributed by atoms with van der Waals surface area (Å²) in [5, 5.41) is 8.87. The van der Waals surface area contributed by atoms with Gasteiger partial charge >= 0.3 is 5.97 Å². The van der Waals surface area contributed by atoms with E-state index in [1.54, 1.807) is 0 Å². The third kappa shape index (κ3) is 4.90. The second kappa shape index (κ2) is 6.25. The van der Waals surface area contributed by atoms with Gasteiger partial charge in [-0.25, -0.2) is 26.7 Å². The van der Waals surface area contributed by atoms with Crippen molar-refractivity contribution >= 4 is 27.6 Å². The summed E-state index contributed by atoms with van der Waals surface area (Å²) in [6.07, 6.45) is -0.669. The molecule has 0 aliphatic heterocycles. The van der Waals surface area contributed by atoms with E-state index >= 15 is 0 Å². The SMILES string of the molecule is Cc1c(Cl)cc(C(=O)O)cc1S(=O)(=O)NCCC(C)(F)F. The predicted octanol–water partition coefficient (Wildman–Crippen LogP) is 2.67. The number of carboxylic acid groups (broad SMARTS) is 1. The zero-order valence-electron chi connectivity index (χ0n) is 11.3. The molecule has 0 bridgehead atoms. The van der Waals surface area contributed by atoms with Gasteiger partial charge in [-0.05, 0) is 31.5 Å². The minimum absolute atomic E-state index is 0.0314. The monoisotopic (exact) mass is 341 g/mol. The Bertz CT molecular complexity index is 656. The summed E-state index contributed by atoms with van der Waals surface area (Å²) in [4.78, 5) is 10.6. The molecule has 21 heavy (non-hydrogen) atoms. The fourth-order valence-corrected chi connectivity index (χ4v) is 3.14. The van der Waals surface area contributed by atoms with Gasteiger partial charge in [-0.15, -0.1) is 0 Å². The van der Waals surface area contributed by atoms with Crippen LogP contribution in [0.5, 0.6) is 0 Å². The normalized spacial score (nSPS) is 12.4. The minimum atomic E-state index is -4.12. The van der Waals surface area contributed by atoms with Crippen LogP contribution in [0.4, 0.5) is 8.78 Å². The summed E-state index contributed by atoms with van der Waals surface area (Å²) in [5.41, 5.74) is -0.149. The van der Waals surface area contributed by atoms with Crippen LogP contribution in [0, 0.1) is 6.92 Å². The van der Waals surface area contributed by atoms with Crippen LogP contribution in [0.15, 0.2) is 17.0 Å². The molecule has 2 N–H and O–H groups in total. The van der Waals surface area contributed by atoms with Crippen molar-refractivity contribution in [2.75, 3.05) is 6.54 Å². The molecular formula is C12H14ClF2NO4S. The highest BCUT2D eigenvalue weighted by Gasteiger charge is 2.24. The zero-order valence-corrected chi connectivity index (χ0v) is 12.9. The van der Waals surface area contributed by atoms with Gasteiger partial charge in [-0.3, -0.25) is 0 Å². The van der Waals surface area contributed by atoms with Gasteiger partial charge in [-0.1, -0.05) is 11.6 Å². The molecule has 118 valence electrons. The van der Waals surface area contributed by atoms with Crippen LogP contribution in [0.1, 0.15) is 29.3 Å². The van der Waals surface area contributed by atoms with E-state index in [0.717, 1.165) is 12.1 Å². The van der Waals surface area contributed by atoms with Crippen molar-refractivity contribution in [3.63, 3.8) is 0 Å². The van der Waals surface area contributed by atoms with Crippen LogP contribution in [0.3, 0.4) is 0 Å². The number of rotatable bonds is 6. The van der Waals surface area contributed by atoms with Crippen LogP contribution < -0.4 is 4.72 Å². The average Bonchev–Trinajstić information content (AvgIpc) is 2.29. The maximum absolute atomic E-state index is 12.7.